The number of sulfone groups is 1. The lowest BCUT2D eigenvalue weighted by molar-refractivity contribution is 0.0972. The van der Waals surface area contributed by atoms with E-state index in [1.165, 1.54) is 12.8 Å². The highest BCUT2D eigenvalue weighted by molar-refractivity contribution is 7.91. The van der Waals surface area contributed by atoms with Gasteiger partial charge in [0.05, 0.1) is 11.5 Å². The second-order valence-electron chi connectivity index (χ2n) is 8.30. The maximum Gasteiger partial charge on any atom is 0.151 e. The zero-order valence-electron chi connectivity index (χ0n) is 14.0. The summed E-state index contributed by atoms with van der Waals surface area (Å²) in [5.74, 6) is 1.90. The van der Waals surface area contributed by atoms with Crippen molar-refractivity contribution in [3.63, 3.8) is 0 Å². The Bertz CT molecular complexity index is 455. The molecule has 2 aliphatic rings. The smallest absolute Gasteiger partial charge is 0.151 e. The molecule has 0 aromatic carbocycles. The maximum atomic E-state index is 11.6. The van der Waals surface area contributed by atoms with Gasteiger partial charge in [-0.05, 0) is 50.0 Å². The highest BCUT2D eigenvalue weighted by Gasteiger charge is 2.37. The summed E-state index contributed by atoms with van der Waals surface area (Å²) < 4.78 is 23.3. The summed E-state index contributed by atoms with van der Waals surface area (Å²) in [4.78, 5) is 2.25. The van der Waals surface area contributed by atoms with Crippen LogP contribution >= 0.6 is 0 Å². The Hall–Kier alpha value is -0.130. The van der Waals surface area contributed by atoms with Crippen LogP contribution in [0.2, 0.25) is 0 Å². The zero-order valence-corrected chi connectivity index (χ0v) is 14.8. The van der Waals surface area contributed by atoms with Crippen molar-refractivity contribution < 1.29 is 8.42 Å². The Labute approximate surface area is 130 Å². The molecule has 4 atom stereocenters. The number of rotatable bonds is 3. The van der Waals surface area contributed by atoms with Gasteiger partial charge in [-0.15, -0.1) is 0 Å². The molecule has 0 aromatic rings. The molecule has 1 heterocycles. The Kier molecular flexibility index (Phi) is 5.06. The van der Waals surface area contributed by atoms with E-state index in [-0.39, 0.29) is 12.1 Å². The summed E-state index contributed by atoms with van der Waals surface area (Å²) in [6.45, 7) is 7.89. The largest absolute Gasteiger partial charge is 0.327 e. The van der Waals surface area contributed by atoms with Crippen LogP contribution in [0, 0.1) is 17.3 Å². The normalized spacial score (nSPS) is 37.0. The van der Waals surface area contributed by atoms with Crippen molar-refractivity contribution >= 4 is 9.84 Å². The molecule has 2 rings (SSSR count). The van der Waals surface area contributed by atoms with Crippen molar-refractivity contribution in [2.24, 2.45) is 23.0 Å². The van der Waals surface area contributed by atoms with Gasteiger partial charge in [-0.25, -0.2) is 8.42 Å². The predicted octanol–water partition coefficient (Wildman–Crippen LogP) is 1.90. The molecule has 1 saturated heterocycles. The first-order chi connectivity index (χ1) is 9.58. The van der Waals surface area contributed by atoms with Crippen LogP contribution in [-0.4, -0.2) is 50.5 Å². The van der Waals surface area contributed by atoms with Gasteiger partial charge in [0.15, 0.2) is 9.84 Å². The fraction of sp³-hybridized carbons (Fsp3) is 1.00. The molecule has 124 valence electrons. The van der Waals surface area contributed by atoms with Gasteiger partial charge in [-0.2, -0.15) is 0 Å². The van der Waals surface area contributed by atoms with Crippen LogP contribution < -0.4 is 5.73 Å². The Morgan fingerprint density at radius 2 is 1.86 bits per heavy atom. The van der Waals surface area contributed by atoms with E-state index in [2.05, 4.69) is 32.7 Å². The van der Waals surface area contributed by atoms with Crippen molar-refractivity contribution in [1.82, 2.24) is 4.90 Å². The van der Waals surface area contributed by atoms with Crippen molar-refractivity contribution in [2.45, 2.75) is 58.5 Å². The minimum atomic E-state index is -2.80. The Morgan fingerprint density at radius 1 is 1.19 bits per heavy atom. The molecule has 1 aliphatic carbocycles. The number of hydrogen-bond donors (Lipinski definition) is 1. The molecule has 0 bridgehead atoms. The van der Waals surface area contributed by atoms with Gasteiger partial charge >= 0.3 is 0 Å². The van der Waals surface area contributed by atoms with Crippen LogP contribution in [0.5, 0.6) is 0 Å². The van der Waals surface area contributed by atoms with Crippen LogP contribution in [0.4, 0.5) is 0 Å². The standard InChI is InChI=1S/C16H32N2O2S/c1-16(2,3)13-5-6-15(17)12(9-13)10-18(4)14-7-8-21(19,20)11-14/h12-15H,5-11,17H2,1-4H3. The van der Waals surface area contributed by atoms with Crippen LogP contribution in [0.1, 0.15) is 46.5 Å². The lowest BCUT2D eigenvalue weighted by atomic mass is 9.67. The van der Waals surface area contributed by atoms with Crippen LogP contribution in [0.25, 0.3) is 0 Å². The highest BCUT2D eigenvalue weighted by Crippen LogP contribution is 2.40. The van der Waals surface area contributed by atoms with E-state index in [0.717, 1.165) is 25.3 Å². The first-order valence-corrected chi connectivity index (χ1v) is 10.1. The van der Waals surface area contributed by atoms with Gasteiger partial charge in [0, 0.05) is 18.6 Å². The third-order valence-electron chi connectivity index (χ3n) is 5.62. The lowest BCUT2D eigenvalue weighted by Crippen LogP contribution is -2.46. The topological polar surface area (TPSA) is 63.4 Å². The van der Waals surface area contributed by atoms with E-state index >= 15 is 0 Å². The van der Waals surface area contributed by atoms with Crippen molar-refractivity contribution in [3.05, 3.63) is 0 Å². The SMILES string of the molecule is CN(CC1CC(C(C)(C)C)CCC1N)C1CCS(=O)(=O)C1. The lowest BCUT2D eigenvalue weighted by Gasteiger charge is -2.42. The van der Waals surface area contributed by atoms with Gasteiger partial charge < -0.3 is 10.6 Å². The minimum Gasteiger partial charge on any atom is -0.327 e. The van der Waals surface area contributed by atoms with Crippen molar-refractivity contribution in [3.8, 4) is 0 Å². The van der Waals surface area contributed by atoms with Gasteiger partial charge in [0.25, 0.3) is 0 Å². The number of hydrogen-bond acceptors (Lipinski definition) is 4. The monoisotopic (exact) mass is 316 g/mol. The van der Waals surface area contributed by atoms with E-state index in [1.807, 2.05) is 0 Å². The predicted molar refractivity (Wildman–Crippen MR) is 88.0 cm³/mol. The molecule has 1 aliphatic heterocycles. The quantitative estimate of drug-likeness (QED) is 0.864. The molecule has 0 amide bonds. The van der Waals surface area contributed by atoms with E-state index < -0.39 is 9.84 Å². The molecular weight excluding hydrogens is 284 g/mol. The molecule has 5 heteroatoms. The number of nitrogens with zero attached hydrogens (tertiary/aromatic N) is 1. The van der Waals surface area contributed by atoms with Crippen LogP contribution in [-0.2, 0) is 9.84 Å². The molecule has 2 N–H and O–H groups in total. The number of nitrogens with two attached hydrogens (primary N) is 1. The van der Waals surface area contributed by atoms with E-state index in [9.17, 15) is 8.42 Å². The second-order valence-corrected chi connectivity index (χ2v) is 10.5. The van der Waals surface area contributed by atoms with E-state index in [1.54, 1.807) is 0 Å². The van der Waals surface area contributed by atoms with E-state index in [0.29, 0.717) is 22.8 Å². The van der Waals surface area contributed by atoms with Crippen LogP contribution in [0.3, 0.4) is 0 Å². The summed E-state index contributed by atoms with van der Waals surface area (Å²) in [5.41, 5.74) is 6.68. The van der Waals surface area contributed by atoms with E-state index in [4.69, 9.17) is 5.73 Å². The summed E-state index contributed by atoms with van der Waals surface area (Å²) in [6, 6.07) is 0.460. The Balaban J connectivity index is 1.94. The molecular formula is C16H32N2O2S. The van der Waals surface area contributed by atoms with Crippen molar-refractivity contribution in [2.75, 3.05) is 25.1 Å². The second kappa shape index (κ2) is 6.17. The minimum absolute atomic E-state index is 0.192. The van der Waals surface area contributed by atoms with Gasteiger partial charge in [0.1, 0.15) is 0 Å². The van der Waals surface area contributed by atoms with Gasteiger partial charge in [-0.1, -0.05) is 20.8 Å². The average molecular weight is 317 g/mol. The molecule has 0 radical (unpaired) electrons. The summed E-state index contributed by atoms with van der Waals surface area (Å²) in [7, 11) is -0.733. The van der Waals surface area contributed by atoms with Crippen LogP contribution in [0.15, 0.2) is 0 Å². The molecule has 1 saturated carbocycles. The fourth-order valence-corrected chi connectivity index (χ4v) is 5.73. The molecule has 0 aromatic heterocycles. The fourth-order valence-electron chi connectivity index (χ4n) is 3.93. The third kappa shape index (κ3) is 4.42. The third-order valence-corrected chi connectivity index (χ3v) is 7.37. The molecule has 4 unspecified atom stereocenters. The van der Waals surface area contributed by atoms with Crippen molar-refractivity contribution in [1.29, 1.82) is 0 Å². The Morgan fingerprint density at radius 3 is 2.38 bits per heavy atom. The average Bonchev–Trinajstić information content (AvgIpc) is 2.71. The zero-order chi connectivity index (χ0) is 15.8. The first-order valence-electron chi connectivity index (χ1n) is 8.25. The van der Waals surface area contributed by atoms with Gasteiger partial charge in [0.2, 0.25) is 0 Å². The maximum absolute atomic E-state index is 11.6. The molecule has 0 spiro atoms. The summed E-state index contributed by atoms with van der Waals surface area (Å²) >= 11 is 0. The van der Waals surface area contributed by atoms with Gasteiger partial charge in [-0.3, -0.25) is 0 Å². The molecule has 21 heavy (non-hydrogen) atoms. The molecule has 2 fully saturated rings. The first kappa shape index (κ1) is 17.2. The summed E-state index contributed by atoms with van der Waals surface area (Å²) in [6.07, 6.45) is 4.28. The highest BCUT2D eigenvalue weighted by atomic mass is 32.2. The molecule has 4 nitrogen and oxygen atoms in total. The summed E-state index contributed by atoms with van der Waals surface area (Å²) in [5, 5.41) is 0.